The minimum Gasteiger partial charge on any atom is -0.371 e. The Morgan fingerprint density at radius 3 is 2.38 bits per heavy atom. The fourth-order valence-corrected chi connectivity index (χ4v) is 5.10. The number of hydrogen-bond donors (Lipinski definition) is 0. The van der Waals surface area contributed by atoms with Crippen LogP contribution in [0.25, 0.3) is 0 Å². The van der Waals surface area contributed by atoms with Crippen LogP contribution in [-0.4, -0.2) is 56.4 Å². The number of morpholine rings is 1. The third kappa shape index (κ3) is 3.68. The molecule has 1 aliphatic heterocycles. The first-order chi connectivity index (χ1) is 12.2. The average Bonchev–Trinajstić information content (AvgIpc) is 3.08. The summed E-state index contributed by atoms with van der Waals surface area (Å²) in [6.07, 6.45) is 3.07. The first-order valence-corrected chi connectivity index (χ1v) is 11.3. The number of benzene rings is 1. The van der Waals surface area contributed by atoms with Gasteiger partial charge in [-0.25, -0.2) is 16.8 Å². The van der Waals surface area contributed by atoms with Gasteiger partial charge in [-0.05, 0) is 24.3 Å². The van der Waals surface area contributed by atoms with E-state index in [0.717, 1.165) is 5.56 Å². The second-order valence-electron chi connectivity index (χ2n) is 6.04. The summed E-state index contributed by atoms with van der Waals surface area (Å²) in [7, 11) is -5.31. The Hall–Kier alpha value is -1.75. The van der Waals surface area contributed by atoms with E-state index in [2.05, 4.69) is 5.10 Å². The Morgan fingerprint density at radius 1 is 1.15 bits per heavy atom. The van der Waals surface area contributed by atoms with Gasteiger partial charge in [0.25, 0.3) is 0 Å². The topological polar surface area (TPSA) is 98.6 Å². The molecule has 3 rings (SSSR count). The number of sulfonamides is 1. The molecule has 1 aliphatic rings. The van der Waals surface area contributed by atoms with Gasteiger partial charge in [0, 0.05) is 31.9 Å². The smallest absolute Gasteiger partial charge is 0.243 e. The van der Waals surface area contributed by atoms with Crippen LogP contribution in [0.5, 0.6) is 0 Å². The van der Waals surface area contributed by atoms with Gasteiger partial charge in [-0.1, -0.05) is 6.92 Å². The van der Waals surface area contributed by atoms with E-state index in [1.165, 1.54) is 28.6 Å². The molecule has 0 saturated carbocycles. The van der Waals surface area contributed by atoms with Crippen LogP contribution in [0.2, 0.25) is 0 Å². The molecule has 2 heterocycles. The number of nitrogens with zero attached hydrogens (tertiary/aromatic N) is 3. The fraction of sp³-hybridized carbons (Fsp3) is 0.438. The van der Waals surface area contributed by atoms with Gasteiger partial charge in [0.1, 0.15) is 0 Å². The summed E-state index contributed by atoms with van der Waals surface area (Å²) in [5.74, 6) is -0.0324. The highest BCUT2D eigenvalue weighted by Gasteiger charge is 2.32. The van der Waals surface area contributed by atoms with Crippen molar-refractivity contribution in [3.63, 3.8) is 0 Å². The molecule has 0 bridgehead atoms. The number of aryl methyl sites for hydroxylation is 1. The molecule has 0 radical (unpaired) electrons. The van der Waals surface area contributed by atoms with Crippen molar-refractivity contribution in [3.8, 4) is 0 Å². The zero-order chi connectivity index (χ0) is 18.9. The Kier molecular flexibility index (Phi) is 5.20. The molecular formula is C16H21N3O5S2. The lowest BCUT2D eigenvalue weighted by atomic mass is 10.2. The summed E-state index contributed by atoms with van der Waals surface area (Å²) >= 11 is 0. The van der Waals surface area contributed by atoms with Gasteiger partial charge in [0.15, 0.2) is 9.84 Å². The number of ether oxygens (including phenoxy) is 1. The van der Waals surface area contributed by atoms with E-state index in [0.29, 0.717) is 0 Å². The van der Waals surface area contributed by atoms with E-state index in [9.17, 15) is 16.8 Å². The van der Waals surface area contributed by atoms with Crippen molar-refractivity contribution < 1.29 is 21.6 Å². The molecule has 0 amide bonds. The summed E-state index contributed by atoms with van der Waals surface area (Å²) in [6, 6.07) is 5.36. The van der Waals surface area contributed by atoms with Crippen molar-refractivity contribution in [2.24, 2.45) is 7.05 Å². The highest BCUT2D eigenvalue weighted by atomic mass is 32.2. The second-order valence-corrected chi connectivity index (χ2v) is 10.3. The van der Waals surface area contributed by atoms with Gasteiger partial charge in [-0.2, -0.15) is 9.40 Å². The normalized spacial score (nSPS) is 19.5. The van der Waals surface area contributed by atoms with E-state index in [-0.39, 0.29) is 41.3 Å². The Bertz CT molecular complexity index is 981. The Morgan fingerprint density at radius 2 is 1.81 bits per heavy atom. The number of sulfone groups is 1. The molecule has 10 heteroatoms. The lowest BCUT2D eigenvalue weighted by Gasteiger charge is -2.31. The predicted octanol–water partition coefficient (Wildman–Crippen LogP) is 0.976. The average molecular weight is 399 g/mol. The second kappa shape index (κ2) is 7.10. The van der Waals surface area contributed by atoms with E-state index < -0.39 is 19.9 Å². The van der Waals surface area contributed by atoms with E-state index >= 15 is 0 Å². The van der Waals surface area contributed by atoms with Crippen LogP contribution in [0.4, 0.5) is 0 Å². The first-order valence-electron chi connectivity index (χ1n) is 8.17. The van der Waals surface area contributed by atoms with Crippen LogP contribution in [0, 0.1) is 0 Å². The Balaban J connectivity index is 1.83. The molecule has 1 unspecified atom stereocenters. The molecule has 2 aromatic rings. The molecule has 1 fully saturated rings. The molecule has 1 aromatic carbocycles. The van der Waals surface area contributed by atoms with Crippen molar-refractivity contribution >= 4 is 19.9 Å². The minimum absolute atomic E-state index is 0.0324. The lowest BCUT2D eigenvalue weighted by molar-refractivity contribution is -0.00259. The van der Waals surface area contributed by atoms with Crippen LogP contribution in [0.1, 0.15) is 18.6 Å². The standard InChI is InChI=1S/C16H21N3O5S2/c1-3-25(20,21)14-4-6-15(7-5-14)26(22,23)19-8-9-24-16(12-19)13-10-17-18(2)11-13/h4-7,10-11,16H,3,8-9,12H2,1-2H3. The van der Waals surface area contributed by atoms with E-state index in [1.807, 2.05) is 0 Å². The van der Waals surface area contributed by atoms with Gasteiger partial charge in [0.05, 0.1) is 34.5 Å². The molecule has 1 atom stereocenters. The fourth-order valence-electron chi connectivity index (χ4n) is 2.79. The van der Waals surface area contributed by atoms with Gasteiger partial charge in [0.2, 0.25) is 10.0 Å². The summed E-state index contributed by atoms with van der Waals surface area (Å²) < 4.78 is 58.2. The monoisotopic (exact) mass is 399 g/mol. The molecule has 26 heavy (non-hydrogen) atoms. The van der Waals surface area contributed by atoms with E-state index in [1.54, 1.807) is 31.0 Å². The SMILES string of the molecule is CCS(=O)(=O)c1ccc(S(=O)(=O)N2CCOC(c3cnn(C)c3)C2)cc1. The molecule has 1 aromatic heterocycles. The molecule has 0 N–H and O–H groups in total. The van der Waals surface area contributed by atoms with Crippen molar-refractivity contribution in [1.82, 2.24) is 14.1 Å². The van der Waals surface area contributed by atoms with Crippen molar-refractivity contribution in [2.45, 2.75) is 22.8 Å². The van der Waals surface area contributed by atoms with E-state index in [4.69, 9.17) is 4.74 Å². The molecule has 0 spiro atoms. The molecule has 142 valence electrons. The lowest BCUT2D eigenvalue weighted by Crippen LogP contribution is -2.42. The summed E-state index contributed by atoms with van der Waals surface area (Å²) in [5, 5.41) is 4.09. The van der Waals surface area contributed by atoms with Crippen molar-refractivity contribution in [1.29, 1.82) is 0 Å². The van der Waals surface area contributed by atoms with Crippen LogP contribution in [0.15, 0.2) is 46.5 Å². The highest BCUT2D eigenvalue weighted by Crippen LogP contribution is 2.26. The highest BCUT2D eigenvalue weighted by molar-refractivity contribution is 7.91. The summed E-state index contributed by atoms with van der Waals surface area (Å²) in [4.78, 5) is 0.188. The first kappa shape index (κ1) is 19.0. The van der Waals surface area contributed by atoms with Crippen LogP contribution >= 0.6 is 0 Å². The minimum atomic E-state index is -3.73. The van der Waals surface area contributed by atoms with Gasteiger partial charge in [-0.15, -0.1) is 0 Å². The number of hydrogen-bond acceptors (Lipinski definition) is 6. The molecule has 1 saturated heterocycles. The Labute approximate surface area is 153 Å². The van der Waals surface area contributed by atoms with Crippen LogP contribution in [-0.2, 0) is 31.6 Å². The summed E-state index contributed by atoms with van der Waals surface area (Å²) in [5.41, 5.74) is 0.816. The van der Waals surface area contributed by atoms with Gasteiger partial charge in [-0.3, -0.25) is 4.68 Å². The predicted molar refractivity (Wildman–Crippen MR) is 94.8 cm³/mol. The van der Waals surface area contributed by atoms with Gasteiger partial charge < -0.3 is 4.74 Å². The van der Waals surface area contributed by atoms with Crippen molar-refractivity contribution in [3.05, 3.63) is 42.2 Å². The molecule has 8 nitrogen and oxygen atoms in total. The quantitative estimate of drug-likeness (QED) is 0.743. The van der Waals surface area contributed by atoms with Crippen LogP contribution < -0.4 is 0 Å². The molecular weight excluding hydrogens is 378 g/mol. The van der Waals surface area contributed by atoms with Crippen molar-refractivity contribution in [2.75, 3.05) is 25.4 Å². The zero-order valence-corrected chi connectivity index (χ0v) is 16.2. The number of rotatable bonds is 5. The third-order valence-electron chi connectivity index (χ3n) is 4.33. The summed E-state index contributed by atoms with van der Waals surface area (Å²) in [6.45, 7) is 2.25. The van der Waals surface area contributed by atoms with Crippen LogP contribution in [0.3, 0.4) is 0 Å². The maximum atomic E-state index is 12.9. The molecule has 0 aliphatic carbocycles. The maximum absolute atomic E-state index is 12.9. The maximum Gasteiger partial charge on any atom is 0.243 e. The largest absolute Gasteiger partial charge is 0.371 e. The van der Waals surface area contributed by atoms with Gasteiger partial charge >= 0.3 is 0 Å². The third-order valence-corrected chi connectivity index (χ3v) is 7.96. The zero-order valence-electron chi connectivity index (χ0n) is 14.6. The number of aromatic nitrogens is 2.